The lowest BCUT2D eigenvalue weighted by Gasteiger charge is -2.18. The van der Waals surface area contributed by atoms with Crippen molar-refractivity contribution in [3.63, 3.8) is 0 Å². The summed E-state index contributed by atoms with van der Waals surface area (Å²) < 4.78 is 16.6. The van der Waals surface area contributed by atoms with Crippen LogP contribution in [0.3, 0.4) is 0 Å². The molecule has 6 nitrogen and oxygen atoms in total. The van der Waals surface area contributed by atoms with E-state index in [1.807, 2.05) is 54.7 Å². The van der Waals surface area contributed by atoms with Crippen molar-refractivity contribution >= 4 is 17.9 Å². The summed E-state index contributed by atoms with van der Waals surface area (Å²) in [7, 11) is 0. The zero-order valence-electron chi connectivity index (χ0n) is 40.4. The molecule has 0 N–H and O–H groups in total. The average molecular weight is 889 g/mol. The van der Waals surface area contributed by atoms with Gasteiger partial charge in [-0.05, 0) is 109 Å². The molecule has 0 spiro atoms. The number of carbonyl (C=O) groups is 3. The molecule has 0 amide bonds. The number of ether oxygens (including phenoxy) is 3. The van der Waals surface area contributed by atoms with Crippen molar-refractivity contribution in [2.45, 2.75) is 155 Å². The van der Waals surface area contributed by atoms with Crippen LogP contribution in [-0.2, 0) is 28.6 Å². The van der Waals surface area contributed by atoms with Crippen LogP contribution in [0.1, 0.15) is 149 Å². The van der Waals surface area contributed by atoms with Crippen LogP contribution in [0.4, 0.5) is 0 Å². The van der Waals surface area contributed by atoms with E-state index in [0.29, 0.717) is 19.3 Å². The lowest BCUT2D eigenvalue weighted by atomic mass is 10.2. The zero-order valence-corrected chi connectivity index (χ0v) is 40.4. The Hall–Kier alpha value is -5.49. The van der Waals surface area contributed by atoms with Gasteiger partial charge in [-0.1, -0.05) is 203 Å². The highest BCUT2D eigenvalue weighted by atomic mass is 16.6. The Morgan fingerprint density at radius 2 is 0.600 bits per heavy atom. The normalized spacial score (nSPS) is 13.7. The first-order valence-corrected chi connectivity index (χ1v) is 24.4. The van der Waals surface area contributed by atoms with E-state index in [1.165, 1.54) is 0 Å². The molecule has 0 saturated heterocycles. The Kier molecular flexibility index (Phi) is 46.8. The first kappa shape index (κ1) is 59.5. The summed E-state index contributed by atoms with van der Waals surface area (Å²) in [4.78, 5) is 37.9. The van der Waals surface area contributed by atoms with E-state index in [9.17, 15) is 14.4 Å². The molecule has 0 aromatic carbocycles. The molecule has 0 aliphatic heterocycles. The summed E-state index contributed by atoms with van der Waals surface area (Å²) in [6, 6.07) is 0. The van der Waals surface area contributed by atoms with Gasteiger partial charge in [0, 0.05) is 19.3 Å². The van der Waals surface area contributed by atoms with Gasteiger partial charge < -0.3 is 14.2 Å². The number of carbonyl (C=O) groups excluding carboxylic acids is 3. The maximum Gasteiger partial charge on any atom is 0.306 e. The van der Waals surface area contributed by atoms with Crippen LogP contribution in [0.2, 0.25) is 0 Å². The minimum Gasteiger partial charge on any atom is -0.462 e. The quantitative estimate of drug-likeness (QED) is 0.0200. The predicted molar refractivity (Wildman–Crippen MR) is 278 cm³/mol. The van der Waals surface area contributed by atoms with Crippen LogP contribution >= 0.6 is 0 Å². The van der Waals surface area contributed by atoms with Gasteiger partial charge in [-0.3, -0.25) is 14.4 Å². The average Bonchev–Trinajstić information content (AvgIpc) is 3.30. The Labute approximate surface area is 395 Å². The van der Waals surface area contributed by atoms with Gasteiger partial charge in [0.05, 0.1) is 0 Å². The minimum atomic E-state index is -0.870. The molecule has 0 saturated carbocycles. The monoisotopic (exact) mass is 889 g/mol. The van der Waals surface area contributed by atoms with Gasteiger partial charge in [0.1, 0.15) is 13.2 Å². The molecule has 65 heavy (non-hydrogen) atoms. The highest BCUT2D eigenvalue weighted by Gasteiger charge is 2.19. The fourth-order valence-electron chi connectivity index (χ4n) is 5.48. The van der Waals surface area contributed by atoms with Crippen LogP contribution in [0.5, 0.6) is 0 Å². The molecular formula is C59H84O6. The third kappa shape index (κ3) is 49.4. The van der Waals surface area contributed by atoms with E-state index in [4.69, 9.17) is 14.2 Å². The standard InChI is InChI=1S/C59H84O6/c1-4-7-10-13-16-19-22-25-27-29-31-34-37-40-43-46-49-52-58(61)64-55-56(54-63-57(60)51-48-45-42-39-36-33-24-21-18-15-12-9-6-3)65-59(62)53-50-47-44-41-38-35-32-30-28-26-23-20-17-14-11-8-5-2/h7-12,15-21,24-28,31-36,39-44,56H,4-6,13-14,22-23,29-30,37-38,45-55H2,1-3H3/b10-7+,11-8+,12-9+,18-15+,19-16+,20-17+,24-21+,27-25+,28-26+,34-31+,35-32+,36-33+,42-39+,43-40+,44-41+. The Morgan fingerprint density at radius 3 is 0.954 bits per heavy atom. The highest BCUT2D eigenvalue weighted by molar-refractivity contribution is 5.71. The molecule has 0 aliphatic rings. The lowest BCUT2D eigenvalue weighted by Crippen LogP contribution is -2.30. The van der Waals surface area contributed by atoms with Gasteiger partial charge in [0.2, 0.25) is 0 Å². The maximum atomic E-state index is 12.8. The van der Waals surface area contributed by atoms with E-state index in [2.05, 4.69) is 148 Å². The van der Waals surface area contributed by atoms with Gasteiger partial charge >= 0.3 is 17.9 Å². The van der Waals surface area contributed by atoms with Gasteiger partial charge in [0.25, 0.3) is 0 Å². The van der Waals surface area contributed by atoms with Crippen LogP contribution in [0.15, 0.2) is 182 Å². The number of allylic oxidation sites excluding steroid dienone is 30. The molecule has 356 valence electrons. The molecule has 6 heteroatoms. The highest BCUT2D eigenvalue weighted by Crippen LogP contribution is 2.08. The van der Waals surface area contributed by atoms with Gasteiger partial charge in [0.15, 0.2) is 6.10 Å². The third-order valence-corrected chi connectivity index (χ3v) is 9.01. The van der Waals surface area contributed by atoms with Crippen molar-refractivity contribution in [3.05, 3.63) is 182 Å². The molecule has 0 aromatic heterocycles. The van der Waals surface area contributed by atoms with Crippen molar-refractivity contribution in [2.24, 2.45) is 0 Å². The second kappa shape index (κ2) is 51.1. The number of hydrogen-bond acceptors (Lipinski definition) is 6. The topological polar surface area (TPSA) is 78.9 Å². The van der Waals surface area contributed by atoms with E-state index < -0.39 is 12.1 Å². The SMILES string of the molecule is CC/C=C/C=C/C=C/C=C/C=C/CCCC(=O)OCC(COC(=O)CCC/C=C/C/C=C/C/C=C/C/C=C/C/C=C/CC)OC(=O)CCC/C=C/C/C=C/C/C=C/C/C=C/C/C=C/CC. The first-order chi connectivity index (χ1) is 32.0. The summed E-state index contributed by atoms with van der Waals surface area (Å²) in [5.41, 5.74) is 0. The summed E-state index contributed by atoms with van der Waals surface area (Å²) >= 11 is 0. The summed E-state index contributed by atoms with van der Waals surface area (Å²) in [5, 5.41) is 0. The Balaban J connectivity index is 4.72. The van der Waals surface area contributed by atoms with Gasteiger partial charge in [-0.2, -0.15) is 0 Å². The molecule has 0 bridgehead atoms. The molecule has 1 atom stereocenters. The second-order valence-electron chi connectivity index (χ2n) is 15.0. The van der Waals surface area contributed by atoms with Gasteiger partial charge in [-0.15, -0.1) is 0 Å². The maximum absolute atomic E-state index is 12.8. The third-order valence-electron chi connectivity index (χ3n) is 9.01. The van der Waals surface area contributed by atoms with Crippen molar-refractivity contribution in [3.8, 4) is 0 Å². The predicted octanol–water partition coefficient (Wildman–Crippen LogP) is 16.2. The van der Waals surface area contributed by atoms with Crippen molar-refractivity contribution in [1.82, 2.24) is 0 Å². The van der Waals surface area contributed by atoms with E-state index in [-0.39, 0.29) is 44.4 Å². The van der Waals surface area contributed by atoms with Crippen LogP contribution < -0.4 is 0 Å². The number of esters is 3. The summed E-state index contributed by atoms with van der Waals surface area (Å²) in [6.07, 6.45) is 77.5. The Bertz CT molecular complexity index is 1630. The second-order valence-corrected chi connectivity index (χ2v) is 15.0. The van der Waals surface area contributed by atoms with Crippen LogP contribution in [0.25, 0.3) is 0 Å². The van der Waals surface area contributed by atoms with E-state index in [1.54, 1.807) is 0 Å². The summed E-state index contributed by atoms with van der Waals surface area (Å²) in [5.74, 6) is -1.17. The van der Waals surface area contributed by atoms with Crippen LogP contribution in [-0.4, -0.2) is 37.2 Å². The number of rotatable bonds is 40. The first-order valence-electron chi connectivity index (χ1n) is 24.4. The molecule has 0 heterocycles. The fraction of sp³-hybridized carbons (Fsp3) is 0.441. The molecule has 1 unspecified atom stereocenters. The van der Waals surface area contributed by atoms with Crippen molar-refractivity contribution in [1.29, 1.82) is 0 Å². The number of hydrogen-bond donors (Lipinski definition) is 0. The smallest absolute Gasteiger partial charge is 0.306 e. The van der Waals surface area contributed by atoms with Gasteiger partial charge in [-0.25, -0.2) is 0 Å². The molecule has 0 rings (SSSR count). The zero-order chi connectivity index (χ0) is 47.2. The van der Waals surface area contributed by atoms with Crippen molar-refractivity contribution < 1.29 is 28.6 Å². The molecule has 0 radical (unpaired) electrons. The molecule has 0 aliphatic carbocycles. The molecular weight excluding hydrogens is 805 g/mol. The van der Waals surface area contributed by atoms with Crippen molar-refractivity contribution in [2.75, 3.05) is 13.2 Å². The number of unbranched alkanes of at least 4 members (excludes halogenated alkanes) is 3. The Morgan fingerprint density at radius 1 is 0.323 bits per heavy atom. The van der Waals surface area contributed by atoms with Crippen LogP contribution in [0, 0.1) is 0 Å². The molecule has 0 aromatic rings. The minimum absolute atomic E-state index is 0.164. The van der Waals surface area contributed by atoms with E-state index >= 15 is 0 Å². The van der Waals surface area contributed by atoms with E-state index in [0.717, 1.165) is 89.9 Å². The fourth-order valence-corrected chi connectivity index (χ4v) is 5.48. The molecule has 0 fully saturated rings. The largest absolute Gasteiger partial charge is 0.462 e. The summed E-state index contributed by atoms with van der Waals surface area (Å²) in [6.45, 7) is 6.05. The lowest BCUT2D eigenvalue weighted by molar-refractivity contribution is -0.166.